The van der Waals surface area contributed by atoms with Crippen molar-refractivity contribution in [2.45, 2.75) is 32.6 Å². The van der Waals surface area contributed by atoms with E-state index in [9.17, 15) is 4.79 Å². The number of rotatable bonds is 2. The highest BCUT2D eigenvalue weighted by Gasteiger charge is 2.56. The molecule has 1 unspecified atom stereocenters. The minimum Gasteiger partial charge on any atom is -0.317 e. The van der Waals surface area contributed by atoms with Crippen LogP contribution in [0.4, 0.5) is 0 Å². The number of Topliss-reactive ketones (excluding diaryl/α,β-unsaturated/α-hetero) is 1. The van der Waals surface area contributed by atoms with E-state index < -0.39 is 0 Å². The molecule has 2 nitrogen and oxygen atoms in total. The summed E-state index contributed by atoms with van der Waals surface area (Å²) < 4.78 is 0. The van der Waals surface area contributed by atoms with E-state index in [0.717, 1.165) is 19.5 Å². The zero-order chi connectivity index (χ0) is 8.60. The van der Waals surface area contributed by atoms with Gasteiger partial charge in [0.15, 0.2) is 0 Å². The normalized spacial score (nSPS) is 31.9. The van der Waals surface area contributed by atoms with Gasteiger partial charge in [0.1, 0.15) is 5.78 Å². The molecule has 1 saturated carbocycles. The molecule has 12 heavy (non-hydrogen) atoms. The molecule has 1 N–H and O–H groups in total. The van der Waals surface area contributed by atoms with Gasteiger partial charge < -0.3 is 5.32 Å². The number of hydrogen-bond acceptors (Lipinski definition) is 2. The molecule has 0 amide bonds. The summed E-state index contributed by atoms with van der Waals surface area (Å²) in [5.41, 5.74) is 0.457. The fourth-order valence-corrected chi connectivity index (χ4v) is 2.53. The van der Waals surface area contributed by atoms with Gasteiger partial charge in [-0.2, -0.15) is 0 Å². The third-order valence-corrected chi connectivity index (χ3v) is 3.53. The second kappa shape index (κ2) is 2.84. The molecule has 0 bridgehead atoms. The van der Waals surface area contributed by atoms with Gasteiger partial charge in [0.25, 0.3) is 0 Å². The Labute approximate surface area is 73.7 Å². The van der Waals surface area contributed by atoms with Crippen molar-refractivity contribution in [1.29, 1.82) is 0 Å². The van der Waals surface area contributed by atoms with E-state index >= 15 is 0 Å². The first-order chi connectivity index (χ1) is 5.78. The number of nitrogens with one attached hydrogen (secondary N) is 1. The molecular formula is C10H17NO. The Morgan fingerprint density at radius 3 is 2.75 bits per heavy atom. The number of piperidine rings is 1. The molecule has 0 aromatic carbocycles. The summed E-state index contributed by atoms with van der Waals surface area (Å²) in [6.45, 7) is 4.22. The molecule has 2 rings (SSSR count). The molecule has 0 aromatic rings. The third-order valence-electron chi connectivity index (χ3n) is 3.53. The van der Waals surface area contributed by atoms with Crippen LogP contribution in [0.3, 0.4) is 0 Å². The smallest absolute Gasteiger partial charge is 0.136 e. The quantitative estimate of drug-likeness (QED) is 0.672. The molecule has 1 heterocycles. The van der Waals surface area contributed by atoms with E-state index in [1.165, 1.54) is 19.3 Å². The van der Waals surface area contributed by atoms with Gasteiger partial charge in [-0.15, -0.1) is 0 Å². The van der Waals surface area contributed by atoms with Gasteiger partial charge in [0, 0.05) is 12.3 Å². The van der Waals surface area contributed by atoms with E-state index in [0.29, 0.717) is 17.1 Å². The summed E-state index contributed by atoms with van der Waals surface area (Å²) in [6.07, 6.45) is 4.37. The topological polar surface area (TPSA) is 29.1 Å². The number of carbonyl (C=O) groups excluding carboxylic acids is 1. The Hall–Kier alpha value is -0.370. The average Bonchev–Trinajstić information content (AvgIpc) is 2.80. The van der Waals surface area contributed by atoms with E-state index in [4.69, 9.17) is 0 Å². The predicted octanol–water partition coefficient (Wildman–Crippen LogP) is 1.36. The van der Waals surface area contributed by atoms with Crippen molar-refractivity contribution in [3.8, 4) is 0 Å². The van der Waals surface area contributed by atoms with Crippen molar-refractivity contribution in [3.63, 3.8) is 0 Å². The van der Waals surface area contributed by atoms with Crippen LogP contribution in [0.1, 0.15) is 32.6 Å². The van der Waals surface area contributed by atoms with Gasteiger partial charge in [-0.25, -0.2) is 0 Å². The van der Waals surface area contributed by atoms with Crippen molar-refractivity contribution in [1.82, 2.24) is 5.32 Å². The zero-order valence-electron chi connectivity index (χ0n) is 7.73. The summed E-state index contributed by atoms with van der Waals surface area (Å²) >= 11 is 0. The molecular weight excluding hydrogens is 150 g/mol. The Morgan fingerprint density at radius 1 is 1.50 bits per heavy atom. The maximum atomic E-state index is 11.4. The van der Waals surface area contributed by atoms with Crippen LogP contribution in [-0.4, -0.2) is 18.9 Å². The lowest BCUT2D eigenvalue weighted by Crippen LogP contribution is -2.30. The van der Waals surface area contributed by atoms with Crippen molar-refractivity contribution in [2.24, 2.45) is 11.3 Å². The largest absolute Gasteiger partial charge is 0.317 e. The SMILES string of the molecule is CCC(=O)C1CC12CCNCC2. The van der Waals surface area contributed by atoms with Gasteiger partial charge in [-0.05, 0) is 37.8 Å². The van der Waals surface area contributed by atoms with E-state index in [1.807, 2.05) is 6.92 Å². The molecule has 68 valence electrons. The lowest BCUT2D eigenvalue weighted by molar-refractivity contribution is -0.120. The fraction of sp³-hybridized carbons (Fsp3) is 0.900. The summed E-state index contributed by atoms with van der Waals surface area (Å²) in [4.78, 5) is 11.4. The van der Waals surface area contributed by atoms with Crippen LogP contribution in [0.15, 0.2) is 0 Å². The second-order valence-electron chi connectivity index (χ2n) is 4.19. The first-order valence-electron chi connectivity index (χ1n) is 5.02. The number of hydrogen-bond donors (Lipinski definition) is 1. The summed E-state index contributed by atoms with van der Waals surface area (Å²) in [5, 5.41) is 3.35. The molecule has 1 atom stereocenters. The Morgan fingerprint density at radius 2 is 2.17 bits per heavy atom. The number of carbonyl (C=O) groups is 1. The summed E-state index contributed by atoms with van der Waals surface area (Å²) in [7, 11) is 0. The van der Waals surface area contributed by atoms with Gasteiger partial charge in [-0.3, -0.25) is 4.79 Å². The molecule has 1 spiro atoms. The molecule has 2 heteroatoms. The molecule has 1 aliphatic heterocycles. The van der Waals surface area contributed by atoms with Gasteiger partial charge in [0.2, 0.25) is 0 Å². The third kappa shape index (κ3) is 1.18. The maximum Gasteiger partial charge on any atom is 0.136 e. The predicted molar refractivity (Wildman–Crippen MR) is 47.9 cm³/mol. The lowest BCUT2D eigenvalue weighted by Gasteiger charge is -2.22. The first kappa shape index (κ1) is 8.24. The minimum absolute atomic E-state index is 0.435. The molecule has 2 fully saturated rings. The summed E-state index contributed by atoms with van der Waals surface area (Å²) in [6, 6.07) is 0. The standard InChI is InChI=1S/C10H17NO/c1-2-9(12)8-7-10(8)3-5-11-6-4-10/h8,11H,2-7H2,1H3. The Balaban J connectivity index is 1.95. The molecule has 2 aliphatic rings. The second-order valence-corrected chi connectivity index (χ2v) is 4.19. The summed E-state index contributed by atoms with van der Waals surface area (Å²) in [5.74, 6) is 0.932. The number of ketones is 1. The highest BCUT2D eigenvalue weighted by atomic mass is 16.1. The van der Waals surface area contributed by atoms with Crippen molar-refractivity contribution >= 4 is 5.78 Å². The lowest BCUT2D eigenvalue weighted by atomic mass is 9.90. The van der Waals surface area contributed by atoms with E-state index in [1.54, 1.807) is 0 Å². The van der Waals surface area contributed by atoms with E-state index in [-0.39, 0.29) is 0 Å². The van der Waals surface area contributed by atoms with Crippen LogP contribution in [0.25, 0.3) is 0 Å². The monoisotopic (exact) mass is 167 g/mol. The van der Waals surface area contributed by atoms with Gasteiger partial charge >= 0.3 is 0 Å². The molecule has 1 aliphatic carbocycles. The van der Waals surface area contributed by atoms with Crippen molar-refractivity contribution in [2.75, 3.05) is 13.1 Å². The highest BCUT2D eigenvalue weighted by Crippen LogP contribution is 2.59. The molecule has 0 aromatic heterocycles. The van der Waals surface area contributed by atoms with Crippen LogP contribution in [0.5, 0.6) is 0 Å². The Kier molecular flexibility index (Phi) is 1.95. The zero-order valence-corrected chi connectivity index (χ0v) is 7.73. The average molecular weight is 167 g/mol. The van der Waals surface area contributed by atoms with Crippen LogP contribution in [-0.2, 0) is 4.79 Å². The van der Waals surface area contributed by atoms with E-state index in [2.05, 4.69) is 5.32 Å². The van der Waals surface area contributed by atoms with Crippen LogP contribution in [0, 0.1) is 11.3 Å². The Bertz CT molecular complexity index is 194. The first-order valence-corrected chi connectivity index (χ1v) is 5.02. The van der Waals surface area contributed by atoms with Crippen molar-refractivity contribution < 1.29 is 4.79 Å². The van der Waals surface area contributed by atoms with Crippen LogP contribution >= 0.6 is 0 Å². The molecule has 1 saturated heterocycles. The van der Waals surface area contributed by atoms with Gasteiger partial charge in [0.05, 0.1) is 0 Å². The molecule has 0 radical (unpaired) electrons. The van der Waals surface area contributed by atoms with Crippen molar-refractivity contribution in [3.05, 3.63) is 0 Å². The maximum absolute atomic E-state index is 11.4. The fourth-order valence-electron chi connectivity index (χ4n) is 2.53. The van der Waals surface area contributed by atoms with Crippen LogP contribution in [0.2, 0.25) is 0 Å². The highest BCUT2D eigenvalue weighted by molar-refractivity contribution is 5.84. The minimum atomic E-state index is 0.435. The van der Waals surface area contributed by atoms with Gasteiger partial charge in [-0.1, -0.05) is 6.92 Å². The van der Waals surface area contributed by atoms with Crippen LogP contribution < -0.4 is 5.32 Å².